The van der Waals surface area contributed by atoms with Crippen LogP contribution in [0.2, 0.25) is 0 Å². The number of carbonyl (C=O) groups is 1. The van der Waals surface area contributed by atoms with Crippen LogP contribution in [0.3, 0.4) is 0 Å². The molecular formula is C24H32N6OS. The summed E-state index contributed by atoms with van der Waals surface area (Å²) >= 11 is 1.53. The van der Waals surface area contributed by atoms with Gasteiger partial charge in [0.2, 0.25) is 5.16 Å². The molecule has 2 aromatic heterocycles. The molecule has 170 valence electrons. The summed E-state index contributed by atoms with van der Waals surface area (Å²) in [6.45, 7) is 11.7. The smallest absolute Gasteiger partial charge is 0.253 e. The van der Waals surface area contributed by atoms with Crippen LogP contribution in [0.5, 0.6) is 0 Å². The standard InChI is InChI=1S/C24H32N6OS/c1-16(2)14-29-11-9-20(10-12-29)26-22(31)21-8-6-5-7-19(21)15-32-24-27-23-25-17(3)13-18(4)30(23)28-24/h5-8,13,16,20H,9-12,14-15H2,1-4H3,(H,26,31). The number of fused-ring (bicyclic) bond motifs is 1. The molecule has 1 aliphatic heterocycles. The maximum atomic E-state index is 13.0. The van der Waals surface area contributed by atoms with Gasteiger partial charge in [0.25, 0.3) is 11.7 Å². The van der Waals surface area contributed by atoms with Crippen LogP contribution in [-0.2, 0) is 5.75 Å². The van der Waals surface area contributed by atoms with Crippen LogP contribution in [0.1, 0.15) is 54.0 Å². The highest BCUT2D eigenvalue weighted by molar-refractivity contribution is 7.98. The Balaban J connectivity index is 1.39. The maximum absolute atomic E-state index is 13.0. The number of thioether (sulfide) groups is 1. The van der Waals surface area contributed by atoms with E-state index in [0.717, 1.165) is 55.0 Å². The first-order chi connectivity index (χ1) is 15.4. The molecule has 1 N–H and O–H groups in total. The molecule has 0 radical (unpaired) electrons. The van der Waals surface area contributed by atoms with Gasteiger partial charge in [0, 0.05) is 48.4 Å². The Hall–Kier alpha value is -2.45. The van der Waals surface area contributed by atoms with Gasteiger partial charge in [-0.2, -0.15) is 4.98 Å². The number of piperidine rings is 1. The Morgan fingerprint density at radius 1 is 1.19 bits per heavy atom. The predicted molar refractivity (Wildman–Crippen MR) is 128 cm³/mol. The minimum absolute atomic E-state index is 0.0135. The lowest BCUT2D eigenvalue weighted by Crippen LogP contribution is -2.45. The fourth-order valence-corrected chi connectivity index (χ4v) is 5.08. The third kappa shape index (κ3) is 5.48. The highest BCUT2D eigenvalue weighted by atomic mass is 32.2. The van der Waals surface area contributed by atoms with E-state index in [2.05, 4.69) is 39.1 Å². The summed E-state index contributed by atoms with van der Waals surface area (Å²) in [5, 5.41) is 8.49. The van der Waals surface area contributed by atoms with E-state index in [1.54, 1.807) is 4.52 Å². The average molecular weight is 453 g/mol. The first-order valence-corrected chi connectivity index (χ1v) is 12.3. The van der Waals surface area contributed by atoms with E-state index in [-0.39, 0.29) is 11.9 Å². The fraction of sp³-hybridized carbons (Fsp3) is 0.500. The lowest BCUT2D eigenvalue weighted by molar-refractivity contribution is 0.0906. The van der Waals surface area contributed by atoms with Gasteiger partial charge in [-0.25, -0.2) is 9.50 Å². The van der Waals surface area contributed by atoms with Gasteiger partial charge in [-0.3, -0.25) is 4.79 Å². The Labute approximate surface area is 194 Å². The lowest BCUT2D eigenvalue weighted by Gasteiger charge is -2.33. The Morgan fingerprint density at radius 2 is 1.94 bits per heavy atom. The summed E-state index contributed by atoms with van der Waals surface area (Å²) in [7, 11) is 0. The summed E-state index contributed by atoms with van der Waals surface area (Å²) < 4.78 is 1.76. The molecule has 4 rings (SSSR count). The Morgan fingerprint density at radius 3 is 2.69 bits per heavy atom. The number of carbonyl (C=O) groups excluding carboxylic acids is 1. The fourth-order valence-electron chi connectivity index (χ4n) is 4.26. The first-order valence-electron chi connectivity index (χ1n) is 11.3. The van der Waals surface area contributed by atoms with Gasteiger partial charge in [-0.1, -0.05) is 43.8 Å². The summed E-state index contributed by atoms with van der Waals surface area (Å²) in [5.41, 5.74) is 3.66. The molecule has 32 heavy (non-hydrogen) atoms. The highest BCUT2D eigenvalue weighted by Gasteiger charge is 2.22. The summed E-state index contributed by atoms with van der Waals surface area (Å²) in [6, 6.07) is 10.0. The molecule has 0 atom stereocenters. The number of likely N-dealkylation sites (tertiary alicyclic amines) is 1. The highest BCUT2D eigenvalue weighted by Crippen LogP contribution is 2.23. The number of aromatic nitrogens is 4. The van der Waals surface area contributed by atoms with Crippen LogP contribution in [0, 0.1) is 19.8 Å². The van der Waals surface area contributed by atoms with E-state index >= 15 is 0 Å². The quantitative estimate of drug-likeness (QED) is 0.548. The Bertz CT molecular complexity index is 1090. The van der Waals surface area contributed by atoms with Crippen molar-refractivity contribution in [3.05, 3.63) is 52.8 Å². The van der Waals surface area contributed by atoms with Gasteiger partial charge in [0.05, 0.1) is 0 Å². The molecule has 0 spiro atoms. The Kier molecular flexibility index (Phi) is 7.10. The van der Waals surface area contributed by atoms with Crippen molar-refractivity contribution in [1.29, 1.82) is 0 Å². The van der Waals surface area contributed by atoms with E-state index in [0.29, 0.717) is 22.6 Å². The maximum Gasteiger partial charge on any atom is 0.253 e. The van der Waals surface area contributed by atoms with E-state index in [4.69, 9.17) is 0 Å². The van der Waals surface area contributed by atoms with Gasteiger partial charge in [0.1, 0.15) is 0 Å². The van der Waals surface area contributed by atoms with Crippen LogP contribution < -0.4 is 5.32 Å². The summed E-state index contributed by atoms with van der Waals surface area (Å²) in [4.78, 5) is 24.5. The van der Waals surface area contributed by atoms with Crippen molar-refractivity contribution >= 4 is 23.4 Å². The number of hydrogen-bond acceptors (Lipinski definition) is 6. The minimum atomic E-state index is 0.0135. The molecule has 1 aromatic carbocycles. The molecule has 1 saturated heterocycles. The summed E-state index contributed by atoms with van der Waals surface area (Å²) in [5.74, 6) is 1.93. The number of hydrogen-bond donors (Lipinski definition) is 1. The lowest BCUT2D eigenvalue weighted by atomic mass is 10.0. The molecule has 0 unspecified atom stereocenters. The van der Waals surface area contributed by atoms with Crippen molar-refractivity contribution in [2.45, 2.75) is 57.5 Å². The van der Waals surface area contributed by atoms with Gasteiger partial charge in [-0.15, -0.1) is 5.10 Å². The topological polar surface area (TPSA) is 75.4 Å². The van der Waals surface area contributed by atoms with Crippen LogP contribution >= 0.6 is 11.8 Å². The molecule has 1 aliphatic rings. The summed E-state index contributed by atoms with van der Waals surface area (Å²) in [6.07, 6.45) is 2.01. The predicted octanol–water partition coefficient (Wildman–Crippen LogP) is 3.88. The van der Waals surface area contributed by atoms with Gasteiger partial charge in [-0.05, 0) is 50.3 Å². The van der Waals surface area contributed by atoms with Crippen molar-refractivity contribution in [2.75, 3.05) is 19.6 Å². The largest absolute Gasteiger partial charge is 0.349 e. The molecule has 3 heterocycles. The second kappa shape index (κ2) is 10.0. The van der Waals surface area contributed by atoms with E-state index < -0.39 is 0 Å². The molecular weight excluding hydrogens is 420 g/mol. The van der Waals surface area contributed by atoms with Crippen molar-refractivity contribution < 1.29 is 4.79 Å². The zero-order valence-electron chi connectivity index (χ0n) is 19.3. The molecule has 7 nitrogen and oxygen atoms in total. The number of amides is 1. The van der Waals surface area contributed by atoms with E-state index in [9.17, 15) is 4.79 Å². The van der Waals surface area contributed by atoms with Crippen molar-refractivity contribution in [3.63, 3.8) is 0 Å². The van der Waals surface area contributed by atoms with Crippen LogP contribution in [0.25, 0.3) is 5.78 Å². The van der Waals surface area contributed by atoms with E-state index in [1.165, 1.54) is 11.8 Å². The van der Waals surface area contributed by atoms with Gasteiger partial charge < -0.3 is 10.2 Å². The molecule has 0 saturated carbocycles. The SMILES string of the molecule is Cc1cc(C)n2nc(SCc3ccccc3C(=O)NC3CCN(CC(C)C)CC3)nc2n1. The van der Waals surface area contributed by atoms with Gasteiger partial charge >= 0.3 is 0 Å². The van der Waals surface area contributed by atoms with E-state index in [1.807, 2.05) is 44.2 Å². The third-order valence-electron chi connectivity index (χ3n) is 5.76. The minimum Gasteiger partial charge on any atom is -0.349 e. The number of aryl methyl sites for hydroxylation is 2. The number of rotatable bonds is 7. The normalized spacial score (nSPS) is 15.5. The van der Waals surface area contributed by atoms with Crippen LogP contribution in [0.15, 0.2) is 35.5 Å². The van der Waals surface area contributed by atoms with Crippen LogP contribution in [0.4, 0.5) is 0 Å². The monoisotopic (exact) mass is 452 g/mol. The average Bonchev–Trinajstić information content (AvgIpc) is 3.17. The van der Waals surface area contributed by atoms with Crippen LogP contribution in [-0.4, -0.2) is 56.1 Å². The number of benzene rings is 1. The molecule has 0 aliphatic carbocycles. The first kappa shape index (κ1) is 22.7. The molecule has 0 bridgehead atoms. The van der Waals surface area contributed by atoms with Crippen molar-refractivity contribution in [2.24, 2.45) is 5.92 Å². The molecule has 8 heteroatoms. The molecule has 1 fully saturated rings. The molecule has 1 amide bonds. The van der Waals surface area contributed by atoms with Crippen molar-refractivity contribution in [3.8, 4) is 0 Å². The molecule has 3 aromatic rings. The number of nitrogens with one attached hydrogen (secondary N) is 1. The number of nitrogens with zero attached hydrogens (tertiary/aromatic N) is 5. The van der Waals surface area contributed by atoms with Crippen molar-refractivity contribution in [1.82, 2.24) is 29.8 Å². The zero-order chi connectivity index (χ0) is 22.7. The third-order valence-corrected chi connectivity index (χ3v) is 6.65. The second-order valence-electron chi connectivity index (χ2n) is 9.03. The van der Waals surface area contributed by atoms with Gasteiger partial charge in [0.15, 0.2) is 0 Å². The zero-order valence-corrected chi connectivity index (χ0v) is 20.2. The second-order valence-corrected chi connectivity index (χ2v) is 9.98.